The van der Waals surface area contributed by atoms with Crippen LogP contribution in [0.2, 0.25) is 0 Å². The number of hydrogen-bond acceptors (Lipinski definition) is 4. The smallest absolute Gasteiger partial charge is 0.337 e. The molecule has 1 saturated carbocycles. The van der Waals surface area contributed by atoms with E-state index in [2.05, 4.69) is 12.2 Å². The Kier molecular flexibility index (Phi) is 4.58. The summed E-state index contributed by atoms with van der Waals surface area (Å²) >= 11 is 1.96. The quantitative estimate of drug-likeness (QED) is 0.723. The van der Waals surface area contributed by atoms with Crippen LogP contribution in [0.4, 0.5) is 11.4 Å². The lowest BCUT2D eigenvalue weighted by Gasteiger charge is -2.22. The molecule has 0 saturated heterocycles. The van der Waals surface area contributed by atoms with Crippen molar-refractivity contribution < 1.29 is 9.90 Å². The largest absolute Gasteiger partial charge is 0.478 e. The van der Waals surface area contributed by atoms with Crippen LogP contribution in [0, 0.1) is 0 Å². The average molecular weight is 280 g/mol. The minimum Gasteiger partial charge on any atom is -0.478 e. The number of benzene rings is 1. The molecule has 1 fully saturated rings. The van der Waals surface area contributed by atoms with Gasteiger partial charge in [0.25, 0.3) is 0 Å². The van der Waals surface area contributed by atoms with Crippen LogP contribution in [0.25, 0.3) is 0 Å². The summed E-state index contributed by atoms with van der Waals surface area (Å²) in [5.41, 5.74) is 7.18. The van der Waals surface area contributed by atoms with Crippen molar-refractivity contribution in [1.29, 1.82) is 0 Å². The van der Waals surface area contributed by atoms with Crippen molar-refractivity contribution in [2.75, 3.05) is 16.8 Å². The van der Waals surface area contributed by atoms with Gasteiger partial charge in [-0.3, -0.25) is 0 Å². The van der Waals surface area contributed by atoms with Crippen LogP contribution in [-0.4, -0.2) is 28.1 Å². The van der Waals surface area contributed by atoms with Crippen LogP contribution in [-0.2, 0) is 0 Å². The van der Waals surface area contributed by atoms with Crippen LogP contribution in [0.3, 0.4) is 0 Å². The van der Waals surface area contributed by atoms with Gasteiger partial charge in [0.15, 0.2) is 0 Å². The molecule has 0 bridgehead atoms. The van der Waals surface area contributed by atoms with Gasteiger partial charge in [0.1, 0.15) is 0 Å². The maximum atomic E-state index is 11.1. The maximum Gasteiger partial charge on any atom is 0.337 e. The summed E-state index contributed by atoms with van der Waals surface area (Å²) in [4.78, 5) is 11.1. The van der Waals surface area contributed by atoms with Gasteiger partial charge in [-0.25, -0.2) is 4.79 Å². The molecule has 2 rings (SSSR count). The molecule has 5 heteroatoms. The highest BCUT2D eigenvalue weighted by molar-refractivity contribution is 7.99. The summed E-state index contributed by atoms with van der Waals surface area (Å²) in [6, 6.07) is 5.51. The lowest BCUT2D eigenvalue weighted by molar-refractivity contribution is 0.0698. The topological polar surface area (TPSA) is 75.3 Å². The lowest BCUT2D eigenvalue weighted by atomic mass is 10.1. The van der Waals surface area contributed by atoms with Crippen molar-refractivity contribution in [2.45, 2.75) is 37.5 Å². The molecule has 1 aromatic rings. The number of thioether (sulfide) groups is 1. The van der Waals surface area contributed by atoms with E-state index in [0.29, 0.717) is 17.0 Å². The minimum atomic E-state index is -0.980. The molecule has 4 N–H and O–H groups in total. The number of hydrogen-bond donors (Lipinski definition) is 3. The number of para-hydroxylation sites is 1. The Morgan fingerprint density at radius 2 is 2.32 bits per heavy atom. The van der Waals surface area contributed by atoms with Crippen molar-refractivity contribution >= 4 is 29.1 Å². The first-order chi connectivity index (χ1) is 9.13. The number of carboxylic acid groups (broad SMARTS) is 1. The van der Waals surface area contributed by atoms with Gasteiger partial charge >= 0.3 is 5.97 Å². The van der Waals surface area contributed by atoms with Crippen molar-refractivity contribution in [3.63, 3.8) is 0 Å². The van der Waals surface area contributed by atoms with Gasteiger partial charge in [0.2, 0.25) is 0 Å². The number of nitrogen functional groups attached to an aromatic ring is 1. The Hall–Kier alpha value is -1.36. The van der Waals surface area contributed by atoms with Crippen molar-refractivity contribution in [3.8, 4) is 0 Å². The van der Waals surface area contributed by atoms with Gasteiger partial charge in [0.05, 0.1) is 16.9 Å². The summed E-state index contributed by atoms with van der Waals surface area (Å²) < 4.78 is 0. The molecular weight excluding hydrogens is 260 g/mol. The summed E-state index contributed by atoms with van der Waals surface area (Å²) in [6.07, 6.45) is 3.55. The molecule has 104 valence electrons. The van der Waals surface area contributed by atoms with Crippen LogP contribution in [0.1, 0.15) is 36.5 Å². The van der Waals surface area contributed by atoms with E-state index in [9.17, 15) is 4.79 Å². The summed E-state index contributed by atoms with van der Waals surface area (Å²) in [5.74, 6) is 0.125. The van der Waals surface area contributed by atoms with E-state index in [-0.39, 0.29) is 5.56 Å². The second-order valence-corrected chi connectivity index (χ2v) is 6.26. The molecule has 1 aromatic carbocycles. The fourth-order valence-electron chi connectivity index (χ4n) is 2.58. The highest BCUT2D eigenvalue weighted by atomic mass is 32.2. The average Bonchev–Trinajstić information content (AvgIpc) is 2.79. The van der Waals surface area contributed by atoms with E-state index in [1.54, 1.807) is 6.07 Å². The Labute approximate surface area is 117 Å². The first-order valence-corrected chi connectivity index (χ1v) is 7.68. The minimum absolute atomic E-state index is 0.169. The van der Waals surface area contributed by atoms with E-state index in [1.165, 1.54) is 18.9 Å². The number of rotatable bonds is 5. The molecule has 1 aliphatic carbocycles. The van der Waals surface area contributed by atoms with Crippen molar-refractivity contribution in [2.24, 2.45) is 0 Å². The molecule has 2 atom stereocenters. The number of nitrogens with two attached hydrogens (primary N) is 1. The number of carbonyl (C=O) groups is 1. The zero-order chi connectivity index (χ0) is 13.8. The standard InChI is InChI=1S/C14H20N2O2S/c1-2-19-12-8-4-6-10(12)16-11-7-3-5-9(13(11)15)14(17)18/h3,5,7,10,12,16H,2,4,6,8,15H2,1H3,(H,17,18). The normalized spacial score (nSPS) is 22.4. The fourth-order valence-corrected chi connectivity index (χ4v) is 3.78. The molecule has 19 heavy (non-hydrogen) atoms. The highest BCUT2D eigenvalue weighted by Gasteiger charge is 2.27. The molecule has 0 amide bonds. The van der Waals surface area contributed by atoms with Crippen LogP contribution in [0.15, 0.2) is 18.2 Å². The Morgan fingerprint density at radius 3 is 3.00 bits per heavy atom. The number of aromatic carboxylic acids is 1. The molecular formula is C14H20N2O2S. The second-order valence-electron chi connectivity index (χ2n) is 4.75. The molecule has 0 aromatic heterocycles. The van der Waals surface area contributed by atoms with Gasteiger partial charge in [-0.15, -0.1) is 0 Å². The van der Waals surface area contributed by atoms with Gasteiger partial charge in [-0.1, -0.05) is 19.4 Å². The monoisotopic (exact) mass is 280 g/mol. The fraction of sp³-hybridized carbons (Fsp3) is 0.500. The molecule has 1 aliphatic rings. The van der Waals surface area contributed by atoms with Gasteiger partial charge in [-0.2, -0.15) is 11.8 Å². The zero-order valence-corrected chi connectivity index (χ0v) is 11.9. The van der Waals surface area contributed by atoms with Gasteiger partial charge in [0, 0.05) is 11.3 Å². The van der Waals surface area contributed by atoms with E-state index < -0.39 is 5.97 Å². The third-order valence-corrected chi connectivity index (χ3v) is 4.84. The Bertz CT molecular complexity index is 465. The van der Waals surface area contributed by atoms with Gasteiger partial charge in [-0.05, 0) is 30.7 Å². The number of anilines is 2. The lowest BCUT2D eigenvalue weighted by Crippen LogP contribution is -2.26. The maximum absolute atomic E-state index is 11.1. The molecule has 0 radical (unpaired) electrons. The third kappa shape index (κ3) is 3.15. The van der Waals surface area contributed by atoms with E-state index >= 15 is 0 Å². The highest BCUT2D eigenvalue weighted by Crippen LogP contribution is 2.33. The number of carboxylic acids is 1. The first kappa shape index (κ1) is 14.1. The van der Waals surface area contributed by atoms with E-state index in [0.717, 1.165) is 17.9 Å². The van der Waals surface area contributed by atoms with Gasteiger partial charge < -0.3 is 16.2 Å². The third-order valence-electron chi connectivity index (χ3n) is 3.51. The number of nitrogens with one attached hydrogen (secondary N) is 1. The molecule has 2 unspecified atom stereocenters. The predicted molar refractivity (Wildman–Crippen MR) is 81.0 cm³/mol. The van der Waals surface area contributed by atoms with E-state index in [4.69, 9.17) is 10.8 Å². The summed E-state index contributed by atoms with van der Waals surface area (Å²) in [6.45, 7) is 2.17. The van der Waals surface area contributed by atoms with Crippen LogP contribution in [0.5, 0.6) is 0 Å². The molecule has 0 spiro atoms. The second kappa shape index (κ2) is 6.19. The summed E-state index contributed by atoms with van der Waals surface area (Å²) in [5, 5.41) is 13.1. The van der Waals surface area contributed by atoms with Crippen LogP contribution >= 0.6 is 11.8 Å². The zero-order valence-electron chi connectivity index (χ0n) is 11.1. The Morgan fingerprint density at radius 1 is 1.53 bits per heavy atom. The van der Waals surface area contributed by atoms with Crippen molar-refractivity contribution in [3.05, 3.63) is 23.8 Å². The molecule has 4 nitrogen and oxygen atoms in total. The first-order valence-electron chi connectivity index (χ1n) is 6.63. The predicted octanol–water partition coefficient (Wildman–Crippen LogP) is 3.05. The van der Waals surface area contributed by atoms with Crippen molar-refractivity contribution in [1.82, 2.24) is 0 Å². The SMILES string of the molecule is CCSC1CCCC1Nc1cccc(C(=O)O)c1N. The molecule has 0 aliphatic heterocycles. The van der Waals surface area contributed by atoms with E-state index in [1.807, 2.05) is 17.8 Å². The molecule has 0 heterocycles. The Balaban J connectivity index is 2.15. The summed E-state index contributed by atoms with van der Waals surface area (Å²) in [7, 11) is 0. The van der Waals surface area contributed by atoms with Crippen LogP contribution < -0.4 is 11.1 Å².